The molecule has 0 aliphatic carbocycles. The second-order valence-electron chi connectivity index (χ2n) is 5.77. The van der Waals surface area contributed by atoms with Crippen molar-refractivity contribution in [3.05, 3.63) is 35.0 Å². The molecule has 8 nitrogen and oxygen atoms in total. The smallest absolute Gasteiger partial charge is 0.416 e. The summed E-state index contributed by atoms with van der Waals surface area (Å²) in [6.45, 7) is -0.368. The molecular formula is C18H20F3NO7. The number of methoxy groups -OCH3 is 3. The minimum atomic E-state index is -4.67. The predicted octanol–water partition coefficient (Wildman–Crippen LogP) is 2.12. The first-order valence-corrected chi connectivity index (χ1v) is 8.32. The third-order valence-electron chi connectivity index (χ3n) is 3.92. The van der Waals surface area contributed by atoms with Crippen LogP contribution in [-0.4, -0.2) is 59.8 Å². The average molecular weight is 419 g/mol. The SMILES string of the molecule is COCCOc1cc(N2COCC(C(=O)OC)=C2C(=O)OC)cc(C(F)(F)F)c1. The predicted molar refractivity (Wildman–Crippen MR) is 93.2 cm³/mol. The Balaban J connectivity index is 2.58. The molecule has 0 bridgehead atoms. The van der Waals surface area contributed by atoms with E-state index in [1.54, 1.807) is 0 Å². The maximum atomic E-state index is 13.4. The van der Waals surface area contributed by atoms with Gasteiger partial charge in [0.05, 0.1) is 38.6 Å². The Morgan fingerprint density at radius 2 is 1.76 bits per heavy atom. The Kier molecular flexibility index (Phi) is 7.46. The van der Waals surface area contributed by atoms with Crippen LogP contribution in [0, 0.1) is 0 Å². The van der Waals surface area contributed by atoms with Crippen LogP contribution in [0.15, 0.2) is 29.5 Å². The lowest BCUT2D eigenvalue weighted by Gasteiger charge is -2.31. The van der Waals surface area contributed by atoms with E-state index in [9.17, 15) is 22.8 Å². The van der Waals surface area contributed by atoms with Crippen molar-refractivity contribution >= 4 is 17.6 Å². The van der Waals surface area contributed by atoms with Gasteiger partial charge in [-0.05, 0) is 12.1 Å². The summed E-state index contributed by atoms with van der Waals surface area (Å²) in [5.74, 6) is -1.88. The van der Waals surface area contributed by atoms with Crippen molar-refractivity contribution in [3.63, 3.8) is 0 Å². The molecule has 0 saturated carbocycles. The monoisotopic (exact) mass is 419 g/mol. The number of hydrogen-bond donors (Lipinski definition) is 0. The molecule has 1 aliphatic rings. The fourth-order valence-electron chi connectivity index (χ4n) is 2.58. The van der Waals surface area contributed by atoms with Crippen molar-refractivity contribution in [2.24, 2.45) is 0 Å². The summed E-state index contributed by atoms with van der Waals surface area (Å²) < 4.78 is 64.9. The van der Waals surface area contributed by atoms with Gasteiger partial charge in [-0.2, -0.15) is 13.2 Å². The fraction of sp³-hybridized carbons (Fsp3) is 0.444. The molecule has 1 aromatic carbocycles. The van der Waals surface area contributed by atoms with Crippen LogP contribution in [0.1, 0.15) is 5.56 Å². The van der Waals surface area contributed by atoms with E-state index in [-0.39, 0.29) is 49.3 Å². The van der Waals surface area contributed by atoms with E-state index in [1.807, 2.05) is 0 Å². The van der Waals surface area contributed by atoms with Gasteiger partial charge < -0.3 is 28.6 Å². The Bertz CT molecular complexity index is 792. The van der Waals surface area contributed by atoms with Gasteiger partial charge in [-0.1, -0.05) is 0 Å². The minimum Gasteiger partial charge on any atom is -0.491 e. The van der Waals surface area contributed by atoms with Gasteiger partial charge in [-0.3, -0.25) is 0 Å². The topological polar surface area (TPSA) is 83.5 Å². The molecule has 0 unspecified atom stereocenters. The standard InChI is InChI=1S/C18H20F3NO7/c1-25-4-5-29-13-7-11(18(19,20)21)6-12(8-13)22-10-28-9-14(16(23)26-2)15(22)17(24)27-3/h6-8H,4-5,9-10H2,1-3H3. The highest BCUT2D eigenvalue weighted by Gasteiger charge is 2.36. The van der Waals surface area contributed by atoms with Crippen LogP contribution < -0.4 is 9.64 Å². The first-order chi connectivity index (χ1) is 13.7. The fourth-order valence-corrected chi connectivity index (χ4v) is 2.58. The van der Waals surface area contributed by atoms with Crippen molar-refractivity contribution in [1.29, 1.82) is 0 Å². The molecule has 2 rings (SSSR count). The number of carbonyl (C=O) groups excluding carboxylic acids is 2. The highest BCUT2D eigenvalue weighted by Crippen LogP contribution is 2.37. The van der Waals surface area contributed by atoms with Gasteiger partial charge in [-0.25, -0.2) is 9.59 Å². The van der Waals surface area contributed by atoms with Gasteiger partial charge in [0.1, 0.15) is 24.8 Å². The summed E-state index contributed by atoms with van der Waals surface area (Å²) in [6.07, 6.45) is -4.67. The first-order valence-electron chi connectivity index (χ1n) is 8.32. The van der Waals surface area contributed by atoms with Crippen LogP contribution in [0.3, 0.4) is 0 Å². The zero-order chi connectivity index (χ0) is 21.6. The van der Waals surface area contributed by atoms with E-state index in [4.69, 9.17) is 18.9 Å². The second kappa shape index (κ2) is 9.61. The molecule has 0 aromatic heterocycles. The van der Waals surface area contributed by atoms with Crippen LogP contribution in [0.5, 0.6) is 5.75 Å². The quantitative estimate of drug-likeness (QED) is 0.491. The van der Waals surface area contributed by atoms with E-state index in [0.717, 1.165) is 31.3 Å². The van der Waals surface area contributed by atoms with Crippen LogP contribution in [-0.2, 0) is 34.7 Å². The van der Waals surface area contributed by atoms with Gasteiger partial charge in [0.15, 0.2) is 0 Å². The summed E-state index contributed by atoms with van der Waals surface area (Å²) in [5, 5.41) is 0. The van der Waals surface area contributed by atoms with Crippen LogP contribution in [0.25, 0.3) is 0 Å². The van der Waals surface area contributed by atoms with Crippen molar-refractivity contribution in [3.8, 4) is 5.75 Å². The summed E-state index contributed by atoms with van der Waals surface area (Å²) in [7, 11) is 3.62. The van der Waals surface area contributed by atoms with Gasteiger partial charge >= 0.3 is 18.1 Å². The molecule has 0 N–H and O–H groups in total. The molecule has 0 amide bonds. The zero-order valence-electron chi connectivity index (χ0n) is 16.0. The number of ether oxygens (including phenoxy) is 5. The van der Waals surface area contributed by atoms with Crippen LogP contribution >= 0.6 is 0 Å². The number of esters is 2. The lowest BCUT2D eigenvalue weighted by atomic mass is 10.1. The van der Waals surface area contributed by atoms with E-state index in [1.165, 1.54) is 13.2 Å². The maximum absolute atomic E-state index is 13.4. The molecule has 29 heavy (non-hydrogen) atoms. The number of benzene rings is 1. The maximum Gasteiger partial charge on any atom is 0.416 e. The number of hydrogen-bond acceptors (Lipinski definition) is 8. The normalized spacial score (nSPS) is 14.6. The van der Waals surface area contributed by atoms with Gasteiger partial charge in [-0.15, -0.1) is 0 Å². The summed E-state index contributed by atoms with van der Waals surface area (Å²) >= 11 is 0. The third kappa shape index (κ3) is 5.39. The molecule has 160 valence electrons. The molecular weight excluding hydrogens is 399 g/mol. The average Bonchev–Trinajstić information content (AvgIpc) is 2.71. The number of carbonyl (C=O) groups is 2. The summed E-state index contributed by atoms with van der Waals surface area (Å²) in [5.41, 5.74) is -1.52. The molecule has 0 atom stereocenters. The van der Waals surface area contributed by atoms with E-state index < -0.39 is 23.7 Å². The van der Waals surface area contributed by atoms with Gasteiger partial charge in [0.25, 0.3) is 0 Å². The van der Waals surface area contributed by atoms with Gasteiger partial charge in [0.2, 0.25) is 0 Å². The van der Waals surface area contributed by atoms with E-state index in [2.05, 4.69) is 4.74 Å². The molecule has 1 heterocycles. The summed E-state index contributed by atoms with van der Waals surface area (Å²) in [4.78, 5) is 25.4. The zero-order valence-corrected chi connectivity index (χ0v) is 16.0. The number of anilines is 1. The highest BCUT2D eigenvalue weighted by atomic mass is 19.4. The molecule has 0 spiro atoms. The number of rotatable bonds is 7. The number of alkyl halides is 3. The minimum absolute atomic E-state index is 0.0147. The van der Waals surface area contributed by atoms with Crippen molar-refractivity contribution in [2.75, 3.05) is 52.8 Å². The number of halogens is 3. The van der Waals surface area contributed by atoms with E-state index >= 15 is 0 Å². The summed E-state index contributed by atoms with van der Waals surface area (Å²) in [6, 6.07) is 2.93. The highest BCUT2D eigenvalue weighted by molar-refractivity contribution is 6.03. The van der Waals surface area contributed by atoms with Gasteiger partial charge in [0, 0.05) is 18.9 Å². The Morgan fingerprint density at radius 1 is 1.07 bits per heavy atom. The van der Waals surface area contributed by atoms with Crippen LogP contribution in [0.2, 0.25) is 0 Å². The lowest BCUT2D eigenvalue weighted by Crippen LogP contribution is -2.39. The van der Waals surface area contributed by atoms with Crippen LogP contribution in [0.4, 0.5) is 18.9 Å². The molecule has 11 heteroatoms. The Labute approximate surface area is 164 Å². The molecule has 1 aliphatic heterocycles. The second-order valence-corrected chi connectivity index (χ2v) is 5.77. The lowest BCUT2D eigenvalue weighted by molar-refractivity contribution is -0.140. The Hall–Kier alpha value is -2.79. The number of nitrogens with zero attached hydrogens (tertiary/aromatic N) is 1. The Morgan fingerprint density at radius 3 is 2.34 bits per heavy atom. The van der Waals surface area contributed by atoms with E-state index in [0.29, 0.717) is 0 Å². The largest absolute Gasteiger partial charge is 0.491 e. The molecule has 0 radical (unpaired) electrons. The molecule has 0 saturated heterocycles. The van der Waals surface area contributed by atoms with Crippen molar-refractivity contribution < 1.29 is 46.4 Å². The molecule has 1 aromatic rings. The van der Waals surface area contributed by atoms with Crippen molar-refractivity contribution in [2.45, 2.75) is 6.18 Å². The molecule has 0 fully saturated rings. The third-order valence-corrected chi connectivity index (χ3v) is 3.92. The van der Waals surface area contributed by atoms with Crippen molar-refractivity contribution in [1.82, 2.24) is 0 Å². The first kappa shape index (κ1) is 22.5.